The van der Waals surface area contributed by atoms with Crippen LogP contribution in [0.1, 0.15) is 10.4 Å². The number of nitrogens with two attached hydrogens (primary N) is 2. The van der Waals surface area contributed by atoms with Gasteiger partial charge in [-0.3, -0.25) is 9.59 Å². The Morgan fingerprint density at radius 2 is 1.83 bits per heavy atom. The van der Waals surface area contributed by atoms with Crippen LogP contribution in [0.15, 0.2) is 53.3 Å². The number of nitrogens with one attached hydrogen (secondary N) is 1. The molecule has 0 saturated carbocycles. The third-order valence-corrected chi connectivity index (χ3v) is 3.48. The van der Waals surface area contributed by atoms with Crippen LogP contribution in [-0.2, 0) is 4.79 Å². The number of hydrogen-bond acceptors (Lipinski definition) is 4. The van der Waals surface area contributed by atoms with E-state index >= 15 is 0 Å². The van der Waals surface area contributed by atoms with Gasteiger partial charge in [0, 0.05) is 11.3 Å². The smallest absolute Gasteiger partial charge is 0.252 e. The van der Waals surface area contributed by atoms with Gasteiger partial charge in [-0.05, 0) is 23.3 Å². The van der Waals surface area contributed by atoms with Crippen LogP contribution >= 0.6 is 0 Å². The summed E-state index contributed by atoms with van der Waals surface area (Å²) in [5.74, 6) is 5.01. The molecule has 0 radical (unpaired) electrons. The third kappa shape index (κ3) is 2.72. The highest BCUT2D eigenvalue weighted by atomic mass is 16.3. The molecule has 0 fully saturated rings. The molecule has 23 heavy (non-hydrogen) atoms. The van der Waals surface area contributed by atoms with E-state index in [1.54, 1.807) is 18.6 Å². The van der Waals surface area contributed by atoms with Crippen LogP contribution in [0.2, 0.25) is 0 Å². The number of carbonyl (C=O) groups is 2. The summed E-state index contributed by atoms with van der Waals surface area (Å²) in [7, 11) is 0. The van der Waals surface area contributed by atoms with Gasteiger partial charge in [0.25, 0.3) is 5.91 Å². The van der Waals surface area contributed by atoms with Crippen molar-refractivity contribution >= 4 is 18.1 Å². The number of aromatic amines is 1. The van der Waals surface area contributed by atoms with Crippen molar-refractivity contribution in [2.24, 2.45) is 11.6 Å². The average molecular weight is 310 g/mol. The number of anilines is 1. The first kappa shape index (κ1) is 14.6. The maximum Gasteiger partial charge on any atom is 0.252 e. The fourth-order valence-electron chi connectivity index (χ4n) is 2.31. The number of rotatable bonds is 5. The highest BCUT2D eigenvalue weighted by Gasteiger charge is 2.17. The van der Waals surface area contributed by atoms with Crippen LogP contribution in [0.25, 0.3) is 22.4 Å². The number of hydrogen-bond donors (Lipinski definition) is 3. The SMILES string of the molecule is NC(=O)c1cc(-c2ccc(-c3ccoc3)cc2)[nH]c1N(N)C=O. The normalized spacial score (nSPS) is 10.5. The Bertz CT molecular complexity index is 835. The summed E-state index contributed by atoms with van der Waals surface area (Å²) in [4.78, 5) is 25.2. The molecule has 1 aromatic carbocycles. The van der Waals surface area contributed by atoms with Crippen molar-refractivity contribution in [3.05, 3.63) is 54.5 Å². The molecule has 2 aromatic heterocycles. The molecule has 0 atom stereocenters. The lowest BCUT2D eigenvalue weighted by Gasteiger charge is -2.08. The monoisotopic (exact) mass is 310 g/mol. The summed E-state index contributed by atoms with van der Waals surface area (Å²) >= 11 is 0. The van der Waals surface area contributed by atoms with Gasteiger partial charge in [0.2, 0.25) is 6.41 Å². The first-order valence-electron chi connectivity index (χ1n) is 6.75. The maximum absolute atomic E-state index is 11.5. The number of nitrogens with zero attached hydrogens (tertiary/aromatic N) is 1. The molecule has 0 aliphatic rings. The van der Waals surface area contributed by atoms with Crippen LogP contribution in [0.5, 0.6) is 0 Å². The molecule has 3 rings (SSSR count). The van der Waals surface area contributed by atoms with Crippen molar-refractivity contribution in [3.8, 4) is 22.4 Å². The van der Waals surface area contributed by atoms with E-state index in [0.29, 0.717) is 12.1 Å². The Morgan fingerprint density at radius 3 is 2.39 bits per heavy atom. The van der Waals surface area contributed by atoms with Crippen molar-refractivity contribution in [3.63, 3.8) is 0 Å². The Morgan fingerprint density at radius 1 is 1.13 bits per heavy atom. The van der Waals surface area contributed by atoms with Crippen LogP contribution in [-0.4, -0.2) is 17.3 Å². The zero-order valence-electron chi connectivity index (χ0n) is 12.0. The largest absolute Gasteiger partial charge is 0.472 e. The molecule has 0 spiro atoms. The van der Waals surface area contributed by atoms with E-state index in [0.717, 1.165) is 21.7 Å². The summed E-state index contributed by atoms with van der Waals surface area (Å²) in [6.07, 6.45) is 3.66. The van der Waals surface area contributed by atoms with Gasteiger partial charge in [0.15, 0.2) is 0 Å². The minimum Gasteiger partial charge on any atom is -0.472 e. The molecule has 7 nitrogen and oxygen atoms in total. The molecule has 0 bridgehead atoms. The second-order valence-electron chi connectivity index (χ2n) is 4.91. The molecule has 0 saturated heterocycles. The van der Waals surface area contributed by atoms with Crippen LogP contribution in [0, 0.1) is 0 Å². The van der Waals surface area contributed by atoms with Crippen molar-refractivity contribution in [2.75, 3.05) is 5.01 Å². The van der Waals surface area contributed by atoms with Gasteiger partial charge in [-0.25, -0.2) is 10.9 Å². The van der Waals surface area contributed by atoms with Gasteiger partial charge in [-0.15, -0.1) is 0 Å². The van der Waals surface area contributed by atoms with Crippen LogP contribution in [0.4, 0.5) is 5.82 Å². The molecule has 3 aromatic rings. The molecule has 0 aliphatic carbocycles. The first-order chi connectivity index (χ1) is 11.1. The number of furan rings is 1. The Hall–Kier alpha value is -3.32. The van der Waals surface area contributed by atoms with E-state index in [1.165, 1.54) is 0 Å². The van der Waals surface area contributed by atoms with Gasteiger partial charge < -0.3 is 15.1 Å². The number of amides is 2. The minimum absolute atomic E-state index is 0.147. The van der Waals surface area contributed by atoms with Crippen LogP contribution in [0.3, 0.4) is 0 Å². The topological polar surface area (TPSA) is 118 Å². The maximum atomic E-state index is 11.5. The lowest BCUT2D eigenvalue weighted by Crippen LogP contribution is -2.31. The summed E-state index contributed by atoms with van der Waals surface area (Å²) in [6.45, 7) is 0. The fourth-order valence-corrected chi connectivity index (χ4v) is 2.31. The summed E-state index contributed by atoms with van der Waals surface area (Å²) in [5, 5.41) is 0.781. The number of aromatic nitrogens is 1. The molecular weight excluding hydrogens is 296 g/mol. The second-order valence-corrected chi connectivity index (χ2v) is 4.91. The van der Waals surface area contributed by atoms with E-state index in [2.05, 4.69) is 4.98 Å². The zero-order chi connectivity index (χ0) is 16.4. The first-order valence-corrected chi connectivity index (χ1v) is 6.75. The van der Waals surface area contributed by atoms with E-state index in [1.807, 2.05) is 30.3 Å². The van der Waals surface area contributed by atoms with E-state index < -0.39 is 5.91 Å². The van der Waals surface area contributed by atoms with Gasteiger partial charge >= 0.3 is 0 Å². The predicted molar refractivity (Wildman–Crippen MR) is 85.2 cm³/mol. The van der Waals surface area contributed by atoms with Crippen molar-refractivity contribution in [2.45, 2.75) is 0 Å². The Labute approximate surface area is 131 Å². The summed E-state index contributed by atoms with van der Waals surface area (Å²) in [5.41, 5.74) is 8.89. The van der Waals surface area contributed by atoms with Gasteiger partial charge in [0.1, 0.15) is 5.82 Å². The molecule has 0 aliphatic heterocycles. The summed E-state index contributed by atoms with van der Waals surface area (Å²) < 4.78 is 5.06. The molecule has 5 N–H and O–H groups in total. The third-order valence-electron chi connectivity index (χ3n) is 3.48. The lowest BCUT2D eigenvalue weighted by atomic mass is 10.1. The number of carbonyl (C=O) groups excluding carboxylic acids is 2. The molecule has 7 heteroatoms. The number of hydrazine groups is 1. The van der Waals surface area contributed by atoms with E-state index in [4.69, 9.17) is 16.0 Å². The average Bonchev–Trinajstić information content (AvgIpc) is 3.24. The number of benzene rings is 1. The Balaban J connectivity index is 1.98. The van der Waals surface area contributed by atoms with Crippen LogP contribution < -0.4 is 16.6 Å². The molecule has 2 heterocycles. The minimum atomic E-state index is -0.671. The zero-order valence-corrected chi connectivity index (χ0v) is 12.0. The van der Waals surface area contributed by atoms with Gasteiger partial charge in [0.05, 0.1) is 18.1 Å². The standard InChI is InChI=1S/C16H14N4O3/c17-15(22)13-7-14(19-16(13)20(18)9-21)11-3-1-10(2-4-11)12-5-6-23-8-12/h1-9,19H,18H2,(H2,17,22). The number of primary amides is 1. The highest BCUT2D eigenvalue weighted by molar-refractivity contribution is 6.01. The molecule has 0 unspecified atom stereocenters. The van der Waals surface area contributed by atoms with E-state index in [-0.39, 0.29) is 11.4 Å². The quantitative estimate of drug-likeness (QED) is 0.288. The van der Waals surface area contributed by atoms with Crippen molar-refractivity contribution in [1.82, 2.24) is 4.98 Å². The van der Waals surface area contributed by atoms with E-state index in [9.17, 15) is 9.59 Å². The van der Waals surface area contributed by atoms with Gasteiger partial charge in [-0.1, -0.05) is 24.3 Å². The number of H-pyrrole nitrogens is 1. The molecular formula is C16H14N4O3. The second kappa shape index (κ2) is 5.82. The predicted octanol–water partition coefficient (Wildman–Crippen LogP) is 1.88. The fraction of sp³-hybridized carbons (Fsp3) is 0. The Kier molecular flexibility index (Phi) is 3.70. The van der Waals surface area contributed by atoms with Gasteiger partial charge in [-0.2, -0.15) is 0 Å². The van der Waals surface area contributed by atoms with Crippen molar-refractivity contribution < 1.29 is 14.0 Å². The molecule has 116 valence electrons. The molecule has 2 amide bonds. The van der Waals surface area contributed by atoms with Crippen molar-refractivity contribution in [1.29, 1.82) is 0 Å². The summed E-state index contributed by atoms with van der Waals surface area (Å²) in [6, 6.07) is 11.0. The highest BCUT2D eigenvalue weighted by Crippen LogP contribution is 2.28. The lowest BCUT2D eigenvalue weighted by molar-refractivity contribution is -0.107.